The van der Waals surface area contributed by atoms with Crippen molar-refractivity contribution in [3.8, 4) is 0 Å². The van der Waals surface area contributed by atoms with Crippen molar-refractivity contribution in [2.24, 2.45) is 11.3 Å². The van der Waals surface area contributed by atoms with Gasteiger partial charge in [-0.05, 0) is 38.5 Å². The van der Waals surface area contributed by atoms with Gasteiger partial charge in [-0.2, -0.15) is 0 Å². The van der Waals surface area contributed by atoms with E-state index >= 15 is 0 Å². The average molecular weight is 392 g/mol. The molecule has 0 radical (unpaired) electrons. The van der Waals surface area contributed by atoms with Gasteiger partial charge < -0.3 is 9.47 Å². The van der Waals surface area contributed by atoms with E-state index in [1.165, 1.54) is 38.5 Å². The van der Waals surface area contributed by atoms with Crippen molar-refractivity contribution in [3.63, 3.8) is 0 Å². The first-order valence-electron chi connectivity index (χ1n) is 8.07. The minimum absolute atomic E-state index is 0.00669. The molecule has 4 fully saturated rings. The van der Waals surface area contributed by atoms with Crippen molar-refractivity contribution in [3.05, 3.63) is 0 Å². The molecule has 1 unspecified atom stereocenters. The van der Waals surface area contributed by atoms with Crippen LogP contribution >= 0.6 is 22.6 Å². The van der Waals surface area contributed by atoms with Crippen LogP contribution in [0.5, 0.6) is 0 Å². The fourth-order valence-electron chi connectivity index (χ4n) is 4.59. The fourth-order valence-corrected chi connectivity index (χ4v) is 5.31. The number of fused-ring (bicyclic) bond motifs is 1. The molecule has 4 rings (SSSR count). The van der Waals surface area contributed by atoms with Gasteiger partial charge in [0.1, 0.15) is 0 Å². The van der Waals surface area contributed by atoms with E-state index in [2.05, 4.69) is 22.6 Å². The highest BCUT2D eigenvalue weighted by molar-refractivity contribution is 14.1. The third-order valence-electron chi connectivity index (χ3n) is 5.45. The standard InChI is InChI=1S/C16H25IO3/c1-2-19-14(18)16-9-15(10-16,11-17)20-13(16)12-7-5-3-4-6-8-12/h12-13H,2-11H2,1H3. The first kappa shape index (κ1) is 15.1. The summed E-state index contributed by atoms with van der Waals surface area (Å²) in [5.74, 6) is 0.571. The van der Waals surface area contributed by atoms with Crippen LogP contribution in [0.2, 0.25) is 0 Å². The van der Waals surface area contributed by atoms with Gasteiger partial charge in [-0.3, -0.25) is 4.79 Å². The van der Waals surface area contributed by atoms with E-state index in [0.29, 0.717) is 12.5 Å². The normalized spacial score (nSPS) is 41.0. The van der Waals surface area contributed by atoms with Gasteiger partial charge in [-0.25, -0.2) is 0 Å². The van der Waals surface area contributed by atoms with Gasteiger partial charge in [-0.15, -0.1) is 0 Å². The van der Waals surface area contributed by atoms with Crippen molar-refractivity contribution in [2.75, 3.05) is 11.0 Å². The van der Waals surface area contributed by atoms with Crippen LogP contribution in [-0.2, 0) is 14.3 Å². The molecule has 2 bridgehead atoms. The molecule has 0 N–H and O–H groups in total. The maximum absolute atomic E-state index is 12.5. The van der Waals surface area contributed by atoms with Gasteiger partial charge in [0.25, 0.3) is 0 Å². The second kappa shape index (κ2) is 5.75. The number of hydrogen-bond acceptors (Lipinski definition) is 3. The van der Waals surface area contributed by atoms with Crippen LogP contribution in [0.1, 0.15) is 58.3 Å². The molecule has 1 atom stereocenters. The van der Waals surface area contributed by atoms with Crippen LogP contribution in [0, 0.1) is 11.3 Å². The maximum atomic E-state index is 12.5. The van der Waals surface area contributed by atoms with Gasteiger partial charge in [-0.1, -0.05) is 48.3 Å². The highest BCUT2D eigenvalue weighted by Gasteiger charge is 2.72. The Hall–Kier alpha value is 0.160. The minimum Gasteiger partial charge on any atom is -0.465 e. The number of halogens is 1. The molecular formula is C16H25IO3. The lowest BCUT2D eigenvalue weighted by atomic mass is 9.58. The Bertz CT molecular complexity index is 368. The summed E-state index contributed by atoms with van der Waals surface area (Å²) in [6.07, 6.45) is 9.62. The van der Waals surface area contributed by atoms with Crippen LogP contribution in [-0.4, -0.2) is 28.7 Å². The van der Waals surface area contributed by atoms with Crippen LogP contribution in [0.4, 0.5) is 0 Å². The molecule has 4 aliphatic rings. The summed E-state index contributed by atoms with van der Waals surface area (Å²) < 4.78 is 12.8. The molecule has 3 nitrogen and oxygen atoms in total. The first-order chi connectivity index (χ1) is 9.66. The molecule has 4 heteroatoms. The van der Waals surface area contributed by atoms with E-state index < -0.39 is 0 Å². The Morgan fingerprint density at radius 3 is 2.45 bits per heavy atom. The summed E-state index contributed by atoms with van der Waals surface area (Å²) in [6.45, 7) is 2.38. The smallest absolute Gasteiger partial charge is 0.314 e. The van der Waals surface area contributed by atoms with Gasteiger partial charge in [0.15, 0.2) is 0 Å². The number of carbonyl (C=O) groups is 1. The first-order valence-corrected chi connectivity index (χ1v) is 9.59. The second-order valence-corrected chi connectivity index (χ2v) is 7.60. The number of ether oxygens (including phenoxy) is 2. The molecule has 0 aromatic rings. The topological polar surface area (TPSA) is 35.5 Å². The molecule has 0 aromatic carbocycles. The van der Waals surface area contributed by atoms with Crippen LogP contribution in [0.25, 0.3) is 0 Å². The Morgan fingerprint density at radius 2 is 1.90 bits per heavy atom. The highest BCUT2D eigenvalue weighted by Crippen LogP contribution is 2.65. The number of carbonyl (C=O) groups excluding carboxylic acids is 1. The van der Waals surface area contributed by atoms with E-state index in [1.807, 2.05) is 6.92 Å². The summed E-state index contributed by atoms with van der Waals surface area (Å²) in [5, 5.41) is 0. The lowest BCUT2D eigenvalue weighted by Gasteiger charge is -2.43. The molecule has 2 heterocycles. The zero-order valence-corrected chi connectivity index (χ0v) is 14.5. The van der Waals surface area contributed by atoms with Crippen LogP contribution in [0.15, 0.2) is 0 Å². The minimum atomic E-state index is -0.309. The quantitative estimate of drug-likeness (QED) is 0.315. The van der Waals surface area contributed by atoms with E-state index in [-0.39, 0.29) is 23.1 Å². The van der Waals surface area contributed by atoms with Crippen molar-refractivity contribution < 1.29 is 14.3 Å². The predicted octanol–water partition coefficient (Wildman–Crippen LogP) is 3.87. The predicted molar refractivity (Wildman–Crippen MR) is 86.0 cm³/mol. The average Bonchev–Trinajstić information content (AvgIpc) is 2.77. The second-order valence-electron chi connectivity index (χ2n) is 6.84. The van der Waals surface area contributed by atoms with Crippen LogP contribution in [0.3, 0.4) is 0 Å². The van der Waals surface area contributed by atoms with Crippen molar-refractivity contribution in [1.29, 1.82) is 0 Å². The largest absolute Gasteiger partial charge is 0.465 e. The summed E-state index contributed by atoms with van der Waals surface area (Å²) >= 11 is 2.41. The van der Waals surface area contributed by atoms with E-state index in [1.54, 1.807) is 0 Å². The zero-order valence-electron chi connectivity index (χ0n) is 12.3. The molecule has 0 amide bonds. The molecule has 114 valence electrons. The Kier molecular flexibility index (Phi) is 4.33. The van der Waals surface area contributed by atoms with E-state index in [0.717, 1.165) is 17.3 Å². The molecule has 2 saturated carbocycles. The SMILES string of the molecule is CCOC(=O)C12CC(CI)(C1)OC2C1CCCCCC1. The fraction of sp³-hybridized carbons (Fsp3) is 0.938. The molecule has 0 aromatic heterocycles. The third-order valence-corrected chi connectivity index (χ3v) is 6.84. The molecule has 0 spiro atoms. The number of rotatable bonds is 4. The lowest BCUT2D eigenvalue weighted by molar-refractivity contribution is -0.162. The van der Waals surface area contributed by atoms with E-state index in [4.69, 9.17) is 9.47 Å². The summed E-state index contributed by atoms with van der Waals surface area (Å²) in [5.41, 5.74) is -0.333. The molecule has 20 heavy (non-hydrogen) atoms. The molecule has 2 aliphatic heterocycles. The van der Waals surface area contributed by atoms with Gasteiger partial charge in [0.05, 0.1) is 23.7 Å². The summed E-state index contributed by atoms with van der Waals surface area (Å²) in [6, 6.07) is 0. The third kappa shape index (κ3) is 2.31. The summed E-state index contributed by atoms with van der Waals surface area (Å²) in [4.78, 5) is 12.5. The van der Waals surface area contributed by atoms with Gasteiger partial charge in [0, 0.05) is 4.43 Å². The number of hydrogen-bond donors (Lipinski definition) is 0. The van der Waals surface area contributed by atoms with Gasteiger partial charge in [0.2, 0.25) is 0 Å². The van der Waals surface area contributed by atoms with E-state index in [9.17, 15) is 4.79 Å². The van der Waals surface area contributed by atoms with Crippen LogP contribution < -0.4 is 0 Å². The van der Waals surface area contributed by atoms with Crippen molar-refractivity contribution in [2.45, 2.75) is 70.0 Å². The highest BCUT2D eigenvalue weighted by atomic mass is 127. The zero-order chi connectivity index (χ0) is 14.2. The Balaban J connectivity index is 1.79. The monoisotopic (exact) mass is 392 g/mol. The van der Waals surface area contributed by atoms with Crippen molar-refractivity contribution >= 4 is 28.6 Å². The number of esters is 1. The molecule has 2 aliphatic carbocycles. The lowest BCUT2D eigenvalue weighted by Crippen LogP contribution is -2.52. The van der Waals surface area contributed by atoms with Gasteiger partial charge >= 0.3 is 5.97 Å². The Labute approximate surface area is 135 Å². The summed E-state index contributed by atoms with van der Waals surface area (Å²) in [7, 11) is 0. The maximum Gasteiger partial charge on any atom is 0.314 e. The van der Waals surface area contributed by atoms with Crippen molar-refractivity contribution in [1.82, 2.24) is 0 Å². The molecular weight excluding hydrogens is 367 g/mol. The number of alkyl halides is 1. The molecule has 2 saturated heterocycles. The Morgan fingerprint density at radius 1 is 1.25 bits per heavy atom.